The Morgan fingerprint density at radius 2 is 1.21 bits per heavy atom. The highest BCUT2D eigenvalue weighted by Gasteiger charge is 2.16. The molecule has 0 fully saturated rings. The number of aromatic nitrogens is 1. The van der Waals surface area contributed by atoms with Gasteiger partial charge in [-0.3, -0.25) is 0 Å². The zero-order valence-electron chi connectivity index (χ0n) is 21.6. The highest BCUT2D eigenvalue weighted by molar-refractivity contribution is 6.12. The molecular formula is C37H25NO. The fourth-order valence-corrected chi connectivity index (χ4v) is 6.02. The van der Waals surface area contributed by atoms with Gasteiger partial charge in [-0.1, -0.05) is 109 Å². The van der Waals surface area contributed by atoms with Crippen molar-refractivity contribution in [3.05, 3.63) is 139 Å². The molecule has 0 aliphatic rings. The van der Waals surface area contributed by atoms with Crippen molar-refractivity contribution < 1.29 is 4.42 Å². The maximum Gasteiger partial charge on any atom is 0.143 e. The molecule has 0 bridgehead atoms. The Kier molecular flexibility index (Phi) is 4.77. The maximum absolute atomic E-state index is 6.38. The predicted molar refractivity (Wildman–Crippen MR) is 164 cm³/mol. The fraction of sp³-hybridized carbons (Fsp3) is 0.0270. The average molecular weight is 500 g/mol. The molecule has 39 heavy (non-hydrogen) atoms. The number of hydrogen-bond donors (Lipinski definition) is 0. The molecule has 0 atom stereocenters. The van der Waals surface area contributed by atoms with Gasteiger partial charge in [0.15, 0.2) is 0 Å². The Morgan fingerprint density at radius 3 is 2.08 bits per heavy atom. The summed E-state index contributed by atoms with van der Waals surface area (Å²) in [4.78, 5) is 0. The molecule has 2 nitrogen and oxygen atoms in total. The molecule has 0 aliphatic carbocycles. The molecule has 8 aromatic rings. The third-order valence-electron chi connectivity index (χ3n) is 7.87. The predicted octanol–water partition coefficient (Wildman–Crippen LogP) is 10.3. The van der Waals surface area contributed by atoms with Crippen LogP contribution in [-0.4, -0.2) is 4.57 Å². The second-order valence-electron chi connectivity index (χ2n) is 10.3. The molecule has 0 saturated carbocycles. The number of benzene rings is 6. The number of fused-ring (bicyclic) bond motifs is 6. The standard InChI is InChI=1S/C37H25NO/c1-24-8-6-9-26(22-24)25-16-19-28(20-17-25)38-34-14-4-2-10-30(34)31-21-18-27(23-35(31)38)29-12-7-13-33-32-11-3-5-15-36(32)39-37(29)33/h2-23H,1H3. The zero-order valence-corrected chi connectivity index (χ0v) is 21.6. The van der Waals surface area contributed by atoms with Crippen molar-refractivity contribution >= 4 is 43.7 Å². The number of rotatable bonds is 3. The van der Waals surface area contributed by atoms with Gasteiger partial charge in [0.2, 0.25) is 0 Å². The van der Waals surface area contributed by atoms with Crippen LogP contribution in [0.5, 0.6) is 0 Å². The summed E-state index contributed by atoms with van der Waals surface area (Å²) in [5.74, 6) is 0. The van der Waals surface area contributed by atoms with Crippen LogP contribution in [0, 0.1) is 6.92 Å². The van der Waals surface area contributed by atoms with E-state index in [2.05, 4.69) is 133 Å². The van der Waals surface area contributed by atoms with E-state index >= 15 is 0 Å². The molecule has 2 heterocycles. The van der Waals surface area contributed by atoms with Crippen LogP contribution in [0.15, 0.2) is 138 Å². The lowest BCUT2D eigenvalue weighted by molar-refractivity contribution is 0.670. The monoisotopic (exact) mass is 499 g/mol. The van der Waals surface area contributed by atoms with Crippen LogP contribution in [0.25, 0.3) is 71.7 Å². The second kappa shape index (κ2) is 8.47. The first kappa shape index (κ1) is 22.0. The average Bonchev–Trinajstić information content (AvgIpc) is 3.53. The van der Waals surface area contributed by atoms with Crippen molar-refractivity contribution in [1.82, 2.24) is 4.57 Å². The van der Waals surface area contributed by atoms with Crippen LogP contribution < -0.4 is 0 Å². The number of aryl methyl sites for hydroxylation is 1. The number of para-hydroxylation sites is 3. The lowest BCUT2D eigenvalue weighted by atomic mass is 10.0. The maximum atomic E-state index is 6.38. The molecule has 0 spiro atoms. The highest BCUT2D eigenvalue weighted by atomic mass is 16.3. The first-order valence-corrected chi connectivity index (χ1v) is 13.4. The molecule has 2 aromatic heterocycles. The number of furan rings is 1. The minimum absolute atomic E-state index is 0.920. The molecule has 0 aliphatic heterocycles. The van der Waals surface area contributed by atoms with Crippen molar-refractivity contribution in [2.45, 2.75) is 6.92 Å². The van der Waals surface area contributed by atoms with E-state index in [1.807, 2.05) is 12.1 Å². The smallest absolute Gasteiger partial charge is 0.143 e. The fourth-order valence-electron chi connectivity index (χ4n) is 6.02. The topological polar surface area (TPSA) is 18.1 Å². The van der Waals surface area contributed by atoms with Gasteiger partial charge >= 0.3 is 0 Å². The first-order chi connectivity index (χ1) is 19.2. The zero-order chi connectivity index (χ0) is 25.9. The van der Waals surface area contributed by atoms with Gasteiger partial charge in [-0.2, -0.15) is 0 Å². The first-order valence-electron chi connectivity index (χ1n) is 13.4. The molecular weight excluding hydrogens is 474 g/mol. The lowest BCUT2D eigenvalue weighted by Gasteiger charge is -2.11. The Labute approximate surface area is 226 Å². The van der Waals surface area contributed by atoms with E-state index in [9.17, 15) is 0 Å². The molecule has 0 radical (unpaired) electrons. The van der Waals surface area contributed by atoms with E-state index in [1.54, 1.807) is 0 Å². The third-order valence-corrected chi connectivity index (χ3v) is 7.87. The van der Waals surface area contributed by atoms with Crippen LogP contribution in [0.1, 0.15) is 5.56 Å². The van der Waals surface area contributed by atoms with E-state index in [0.29, 0.717) is 0 Å². The highest BCUT2D eigenvalue weighted by Crippen LogP contribution is 2.39. The molecule has 0 saturated heterocycles. The summed E-state index contributed by atoms with van der Waals surface area (Å²) in [6.07, 6.45) is 0. The van der Waals surface area contributed by atoms with Crippen LogP contribution in [0.3, 0.4) is 0 Å². The largest absolute Gasteiger partial charge is 0.455 e. The summed E-state index contributed by atoms with van der Waals surface area (Å²) < 4.78 is 8.76. The van der Waals surface area contributed by atoms with E-state index < -0.39 is 0 Å². The van der Waals surface area contributed by atoms with Gasteiger partial charge in [0, 0.05) is 32.8 Å². The summed E-state index contributed by atoms with van der Waals surface area (Å²) in [5, 5.41) is 4.80. The molecule has 184 valence electrons. The Balaban J connectivity index is 1.34. The van der Waals surface area contributed by atoms with E-state index in [-0.39, 0.29) is 0 Å². The molecule has 0 unspecified atom stereocenters. The van der Waals surface area contributed by atoms with Gasteiger partial charge in [-0.25, -0.2) is 0 Å². The minimum atomic E-state index is 0.920. The Bertz CT molecular complexity index is 2180. The molecule has 0 N–H and O–H groups in total. The molecule has 6 aromatic carbocycles. The van der Waals surface area contributed by atoms with Crippen LogP contribution in [0.4, 0.5) is 0 Å². The van der Waals surface area contributed by atoms with E-state index in [4.69, 9.17) is 4.42 Å². The van der Waals surface area contributed by atoms with E-state index in [1.165, 1.54) is 38.5 Å². The number of hydrogen-bond acceptors (Lipinski definition) is 1. The molecule has 8 rings (SSSR count). The molecule has 2 heteroatoms. The van der Waals surface area contributed by atoms with Crippen molar-refractivity contribution in [1.29, 1.82) is 0 Å². The summed E-state index contributed by atoms with van der Waals surface area (Å²) in [7, 11) is 0. The summed E-state index contributed by atoms with van der Waals surface area (Å²) >= 11 is 0. The van der Waals surface area contributed by atoms with Gasteiger partial charge in [-0.15, -0.1) is 0 Å². The summed E-state index contributed by atoms with van der Waals surface area (Å²) in [5.41, 5.74) is 11.4. The quantitative estimate of drug-likeness (QED) is 0.236. The van der Waals surface area contributed by atoms with Crippen molar-refractivity contribution in [2.75, 3.05) is 0 Å². The second-order valence-corrected chi connectivity index (χ2v) is 10.3. The Morgan fingerprint density at radius 1 is 0.487 bits per heavy atom. The van der Waals surface area contributed by atoms with Crippen molar-refractivity contribution in [3.63, 3.8) is 0 Å². The molecule has 0 amide bonds. The minimum Gasteiger partial charge on any atom is -0.455 e. The van der Waals surface area contributed by atoms with Gasteiger partial charge < -0.3 is 8.98 Å². The third kappa shape index (κ3) is 3.42. The van der Waals surface area contributed by atoms with E-state index in [0.717, 1.165) is 38.8 Å². The van der Waals surface area contributed by atoms with Crippen molar-refractivity contribution in [3.8, 4) is 27.9 Å². The van der Waals surface area contributed by atoms with Gasteiger partial charge in [0.05, 0.1) is 11.0 Å². The van der Waals surface area contributed by atoms with Gasteiger partial charge in [0.1, 0.15) is 11.2 Å². The van der Waals surface area contributed by atoms with Crippen LogP contribution >= 0.6 is 0 Å². The normalized spacial score (nSPS) is 11.7. The van der Waals surface area contributed by atoms with Gasteiger partial charge in [0.25, 0.3) is 0 Å². The summed E-state index contributed by atoms with van der Waals surface area (Å²) in [6.45, 7) is 2.14. The lowest BCUT2D eigenvalue weighted by Crippen LogP contribution is -1.94. The Hall–Kier alpha value is -5.08. The summed E-state index contributed by atoms with van der Waals surface area (Å²) in [6, 6.07) is 47.8. The van der Waals surface area contributed by atoms with Crippen molar-refractivity contribution in [2.24, 2.45) is 0 Å². The SMILES string of the molecule is Cc1cccc(-c2ccc(-n3c4ccccc4c4ccc(-c5cccc6c5oc5ccccc56)cc43)cc2)c1. The van der Waals surface area contributed by atoms with Gasteiger partial charge in [-0.05, 0) is 53.9 Å². The van der Waals surface area contributed by atoms with Crippen LogP contribution in [-0.2, 0) is 0 Å². The number of nitrogens with zero attached hydrogens (tertiary/aromatic N) is 1. The van der Waals surface area contributed by atoms with Crippen LogP contribution in [0.2, 0.25) is 0 Å².